The first kappa shape index (κ1) is 16.3. The number of nitrogens with zero attached hydrogens (tertiary/aromatic N) is 2. The van der Waals surface area contributed by atoms with Crippen LogP contribution < -0.4 is 0 Å². The number of hydrogen-bond acceptors (Lipinski definition) is 4. The molecule has 6 heteroatoms. The predicted molar refractivity (Wildman–Crippen MR) is 95.1 cm³/mol. The van der Waals surface area contributed by atoms with Gasteiger partial charge >= 0.3 is 6.09 Å². The van der Waals surface area contributed by atoms with Crippen LogP contribution in [0, 0.1) is 0 Å². The summed E-state index contributed by atoms with van der Waals surface area (Å²) >= 11 is 7.67. The van der Waals surface area contributed by atoms with Gasteiger partial charge in [-0.1, -0.05) is 31.0 Å². The van der Waals surface area contributed by atoms with Crippen LogP contribution in [0.1, 0.15) is 31.2 Å². The van der Waals surface area contributed by atoms with Crippen molar-refractivity contribution in [3.05, 3.63) is 34.3 Å². The summed E-state index contributed by atoms with van der Waals surface area (Å²) in [6, 6.07) is 5.74. The largest absolute Gasteiger partial charge is 0.449 e. The van der Waals surface area contributed by atoms with Crippen LogP contribution in [0.5, 0.6) is 0 Å². The molecule has 1 aromatic carbocycles. The minimum absolute atomic E-state index is 0.218. The SMILES string of the molecule is CCCCOC(=O)N1CC=C(c2nc3ccc(Cl)cc3s2)CC1. The molecule has 0 bridgehead atoms. The van der Waals surface area contributed by atoms with Crippen LogP contribution in [0.25, 0.3) is 15.8 Å². The van der Waals surface area contributed by atoms with Crippen molar-refractivity contribution in [1.29, 1.82) is 0 Å². The molecule has 0 unspecified atom stereocenters. The van der Waals surface area contributed by atoms with Crippen molar-refractivity contribution in [2.24, 2.45) is 0 Å². The summed E-state index contributed by atoms with van der Waals surface area (Å²) in [7, 11) is 0. The maximum absolute atomic E-state index is 11.9. The molecule has 0 N–H and O–H groups in total. The van der Waals surface area contributed by atoms with Crippen LogP contribution in [0.15, 0.2) is 24.3 Å². The monoisotopic (exact) mass is 350 g/mol. The summed E-state index contributed by atoms with van der Waals surface area (Å²) in [6.07, 6.45) is 4.60. The molecule has 1 amide bonds. The zero-order chi connectivity index (χ0) is 16.2. The van der Waals surface area contributed by atoms with Gasteiger partial charge in [0.1, 0.15) is 5.01 Å². The summed E-state index contributed by atoms with van der Waals surface area (Å²) in [5.74, 6) is 0. The van der Waals surface area contributed by atoms with E-state index in [2.05, 4.69) is 18.0 Å². The molecule has 2 aromatic rings. The second-order valence-electron chi connectivity index (χ2n) is 5.52. The van der Waals surface area contributed by atoms with Crippen molar-refractivity contribution in [2.45, 2.75) is 26.2 Å². The van der Waals surface area contributed by atoms with E-state index in [1.165, 1.54) is 5.57 Å². The van der Waals surface area contributed by atoms with Gasteiger partial charge in [0.25, 0.3) is 0 Å². The van der Waals surface area contributed by atoms with Crippen LogP contribution in [-0.2, 0) is 4.74 Å². The predicted octanol–water partition coefficient (Wildman–Crippen LogP) is 4.98. The number of benzene rings is 1. The normalized spacial score (nSPS) is 14.9. The lowest BCUT2D eigenvalue weighted by Gasteiger charge is -2.25. The van der Waals surface area contributed by atoms with E-state index in [0.717, 1.165) is 39.5 Å². The zero-order valence-electron chi connectivity index (χ0n) is 13.0. The average molecular weight is 351 g/mol. The molecule has 0 spiro atoms. The lowest BCUT2D eigenvalue weighted by molar-refractivity contribution is 0.105. The molecule has 0 aliphatic carbocycles. The molecule has 0 atom stereocenters. The Hall–Kier alpha value is -1.59. The fourth-order valence-electron chi connectivity index (χ4n) is 2.46. The first-order chi connectivity index (χ1) is 11.2. The fraction of sp³-hybridized carbons (Fsp3) is 0.412. The Morgan fingerprint density at radius 1 is 1.48 bits per heavy atom. The number of amides is 1. The van der Waals surface area contributed by atoms with E-state index in [1.54, 1.807) is 16.2 Å². The number of halogens is 1. The number of aromatic nitrogens is 1. The van der Waals surface area contributed by atoms with E-state index in [-0.39, 0.29) is 6.09 Å². The van der Waals surface area contributed by atoms with E-state index in [4.69, 9.17) is 16.3 Å². The van der Waals surface area contributed by atoms with Gasteiger partial charge in [0, 0.05) is 18.1 Å². The molecule has 1 aliphatic heterocycles. The second kappa shape index (κ2) is 7.32. The average Bonchev–Trinajstić information content (AvgIpc) is 2.98. The minimum atomic E-state index is -0.218. The number of unbranched alkanes of at least 4 members (excludes halogenated alkanes) is 1. The summed E-state index contributed by atoms with van der Waals surface area (Å²) in [5, 5.41) is 1.74. The highest BCUT2D eigenvalue weighted by Gasteiger charge is 2.20. The molecule has 0 radical (unpaired) electrons. The van der Waals surface area contributed by atoms with E-state index in [0.29, 0.717) is 19.7 Å². The van der Waals surface area contributed by atoms with Crippen LogP contribution in [0.2, 0.25) is 5.02 Å². The van der Waals surface area contributed by atoms with Gasteiger partial charge in [-0.15, -0.1) is 11.3 Å². The van der Waals surface area contributed by atoms with Crippen LogP contribution in [0.3, 0.4) is 0 Å². The minimum Gasteiger partial charge on any atom is -0.449 e. The molecule has 0 saturated carbocycles. The Morgan fingerprint density at radius 3 is 3.09 bits per heavy atom. The van der Waals surface area contributed by atoms with Crippen molar-refractivity contribution in [3.8, 4) is 0 Å². The molecule has 0 fully saturated rings. The second-order valence-corrected chi connectivity index (χ2v) is 6.99. The molecular formula is C17H19ClN2O2S. The zero-order valence-corrected chi connectivity index (χ0v) is 14.6. The number of fused-ring (bicyclic) bond motifs is 1. The molecule has 1 aromatic heterocycles. The topological polar surface area (TPSA) is 42.4 Å². The quantitative estimate of drug-likeness (QED) is 0.730. The highest BCUT2D eigenvalue weighted by Crippen LogP contribution is 2.31. The standard InChI is InChI=1S/C17H19ClN2O2S/c1-2-3-10-22-17(21)20-8-6-12(7-9-20)16-19-14-5-4-13(18)11-15(14)23-16/h4-6,11H,2-3,7-10H2,1H3. The Morgan fingerprint density at radius 2 is 2.35 bits per heavy atom. The van der Waals surface area contributed by atoms with Gasteiger partial charge in [0.15, 0.2) is 0 Å². The van der Waals surface area contributed by atoms with Crippen molar-refractivity contribution in [1.82, 2.24) is 9.88 Å². The third-order valence-electron chi connectivity index (χ3n) is 3.82. The lowest BCUT2D eigenvalue weighted by Crippen LogP contribution is -2.35. The summed E-state index contributed by atoms with van der Waals surface area (Å²) in [6.45, 7) is 3.83. The first-order valence-corrected chi connectivity index (χ1v) is 9.04. The van der Waals surface area contributed by atoms with Gasteiger partial charge in [-0.05, 0) is 36.6 Å². The van der Waals surface area contributed by atoms with Gasteiger partial charge in [-0.2, -0.15) is 0 Å². The summed E-state index contributed by atoms with van der Waals surface area (Å²) in [4.78, 5) is 18.3. The Bertz CT molecular complexity index is 741. The van der Waals surface area contributed by atoms with Gasteiger partial charge in [-0.3, -0.25) is 0 Å². The highest BCUT2D eigenvalue weighted by atomic mass is 35.5. The number of rotatable bonds is 4. The Labute approximate surface area is 144 Å². The van der Waals surface area contributed by atoms with Crippen molar-refractivity contribution < 1.29 is 9.53 Å². The van der Waals surface area contributed by atoms with Crippen molar-refractivity contribution >= 4 is 44.8 Å². The van der Waals surface area contributed by atoms with E-state index >= 15 is 0 Å². The lowest BCUT2D eigenvalue weighted by atomic mass is 10.1. The molecule has 2 heterocycles. The number of ether oxygens (including phenoxy) is 1. The summed E-state index contributed by atoms with van der Waals surface area (Å²) in [5.41, 5.74) is 2.16. The molecule has 3 rings (SSSR count). The van der Waals surface area contributed by atoms with E-state index < -0.39 is 0 Å². The molecule has 122 valence electrons. The van der Waals surface area contributed by atoms with Crippen LogP contribution >= 0.6 is 22.9 Å². The number of carbonyl (C=O) groups is 1. The van der Waals surface area contributed by atoms with E-state index in [1.807, 2.05) is 18.2 Å². The van der Waals surface area contributed by atoms with Crippen LogP contribution in [-0.4, -0.2) is 35.7 Å². The Balaban J connectivity index is 1.66. The smallest absolute Gasteiger partial charge is 0.410 e. The van der Waals surface area contributed by atoms with Gasteiger partial charge in [-0.25, -0.2) is 9.78 Å². The molecular weight excluding hydrogens is 332 g/mol. The van der Waals surface area contributed by atoms with E-state index in [9.17, 15) is 4.79 Å². The van der Waals surface area contributed by atoms with Crippen molar-refractivity contribution in [2.75, 3.05) is 19.7 Å². The summed E-state index contributed by atoms with van der Waals surface area (Å²) < 4.78 is 6.35. The van der Waals surface area contributed by atoms with Gasteiger partial charge < -0.3 is 9.64 Å². The highest BCUT2D eigenvalue weighted by molar-refractivity contribution is 7.19. The molecule has 1 aliphatic rings. The van der Waals surface area contributed by atoms with Gasteiger partial charge in [0.2, 0.25) is 0 Å². The molecule has 23 heavy (non-hydrogen) atoms. The molecule has 4 nitrogen and oxygen atoms in total. The van der Waals surface area contributed by atoms with Crippen LogP contribution in [0.4, 0.5) is 4.79 Å². The maximum atomic E-state index is 11.9. The maximum Gasteiger partial charge on any atom is 0.410 e. The number of thiazole rings is 1. The fourth-order valence-corrected chi connectivity index (χ4v) is 3.77. The number of carbonyl (C=O) groups excluding carboxylic acids is 1. The van der Waals surface area contributed by atoms with Gasteiger partial charge in [0.05, 0.1) is 16.8 Å². The Kier molecular flexibility index (Phi) is 5.18. The third kappa shape index (κ3) is 3.85. The third-order valence-corrected chi connectivity index (χ3v) is 5.14. The first-order valence-electron chi connectivity index (χ1n) is 7.84. The molecule has 0 saturated heterocycles. The number of hydrogen-bond donors (Lipinski definition) is 0. The van der Waals surface area contributed by atoms with Crippen molar-refractivity contribution in [3.63, 3.8) is 0 Å².